The van der Waals surface area contributed by atoms with E-state index in [1.807, 2.05) is 6.92 Å². The van der Waals surface area contributed by atoms with Crippen LogP contribution in [0.3, 0.4) is 0 Å². The number of phenols is 1. The molecule has 1 aromatic heterocycles. The number of aromatic hydroxyl groups is 1. The number of rotatable bonds is 19. The van der Waals surface area contributed by atoms with Crippen LogP contribution in [0.25, 0.3) is 11.0 Å². The van der Waals surface area contributed by atoms with Gasteiger partial charge in [0.1, 0.15) is 54.0 Å². The second kappa shape index (κ2) is 23.3. The van der Waals surface area contributed by atoms with Crippen molar-refractivity contribution < 1.29 is 78.2 Å². The van der Waals surface area contributed by atoms with Crippen molar-refractivity contribution >= 4 is 28.8 Å². The highest BCUT2D eigenvalue weighted by Crippen LogP contribution is 2.40. The first kappa shape index (κ1) is 50.6. The van der Waals surface area contributed by atoms with Gasteiger partial charge in [-0.2, -0.15) is 0 Å². The molecule has 2 saturated heterocycles. The van der Waals surface area contributed by atoms with Crippen LogP contribution in [0.2, 0.25) is 0 Å². The van der Waals surface area contributed by atoms with E-state index in [0.29, 0.717) is 43.3 Å². The number of carbonyl (C=O) groups excluding carboxylic acids is 2. The first-order chi connectivity index (χ1) is 31.1. The standard InChI is InChI=1S/C45H67N3O17/c1-4-26-14-25(20-46-12-13-47-34(52)17-27-18-35(53)61-30-19-28(51)10-11-29(27)30)16-31(41(26)65-45-40(57)39(56)37(54)22(2)60-45)63-44-36(48-23(3)50)42(38(55)33(21-49)64-44)62-32(43(58)59)15-24-8-6-5-7-9-24/h10-11,18-19,22,24-26,31-33,36-42,44-46,49,51,54-57H,4-9,12-17,20-21H2,1-3H3,(H,47,52)(H,48,50)(H,58,59)/t22-,25-,26-,31+,32-,33?,36?,37-,38-,39?,40-,41?,42?,44+,45?/m0/s1. The smallest absolute Gasteiger partial charge is 0.336 e. The first-order valence-corrected chi connectivity index (χ1v) is 22.9. The molecule has 2 amide bonds. The number of nitrogens with one attached hydrogen (secondary N) is 3. The molecule has 6 rings (SSSR count). The van der Waals surface area contributed by atoms with E-state index in [1.54, 1.807) is 6.07 Å². The normalized spacial score (nSPS) is 33.9. The fourth-order valence-electron chi connectivity index (χ4n) is 9.84. The van der Waals surface area contributed by atoms with E-state index >= 15 is 0 Å². The molecule has 65 heavy (non-hydrogen) atoms. The van der Waals surface area contributed by atoms with Crippen molar-refractivity contribution in [2.75, 3.05) is 26.2 Å². The van der Waals surface area contributed by atoms with E-state index in [4.69, 9.17) is 28.1 Å². The lowest BCUT2D eigenvalue weighted by Gasteiger charge is -2.49. The maximum atomic E-state index is 12.9. The summed E-state index contributed by atoms with van der Waals surface area (Å²) in [5.41, 5.74) is -0.0327. The maximum Gasteiger partial charge on any atom is 0.336 e. The van der Waals surface area contributed by atoms with E-state index in [2.05, 4.69) is 16.0 Å². The second-order valence-electron chi connectivity index (χ2n) is 18.1. The number of aliphatic hydroxyl groups is 5. The highest BCUT2D eigenvalue weighted by Gasteiger charge is 2.52. The summed E-state index contributed by atoms with van der Waals surface area (Å²) in [6.07, 6.45) is -9.35. The summed E-state index contributed by atoms with van der Waals surface area (Å²) in [7, 11) is 0. The Labute approximate surface area is 376 Å². The molecule has 15 atom stereocenters. The Hall–Kier alpha value is -3.80. The molecule has 2 aromatic rings. The molecule has 1 aromatic carbocycles. The minimum Gasteiger partial charge on any atom is -0.508 e. The molecular formula is C45H67N3O17. The molecule has 0 radical (unpaired) electrons. The lowest BCUT2D eigenvalue weighted by molar-refractivity contribution is -0.339. The van der Waals surface area contributed by atoms with Gasteiger partial charge in [-0.05, 0) is 68.2 Å². The Bertz CT molecular complexity index is 1950. The van der Waals surface area contributed by atoms with E-state index in [0.717, 1.165) is 32.1 Å². The number of phenolic OH excluding ortho intramolecular Hbond substituents is 1. The molecule has 20 nitrogen and oxygen atoms in total. The number of amides is 2. The number of benzene rings is 1. The molecule has 3 heterocycles. The van der Waals surface area contributed by atoms with Crippen LogP contribution < -0.4 is 21.6 Å². The van der Waals surface area contributed by atoms with Crippen molar-refractivity contribution in [3.8, 4) is 5.75 Å². The van der Waals surface area contributed by atoms with Crippen molar-refractivity contribution in [1.82, 2.24) is 16.0 Å². The zero-order valence-electron chi connectivity index (χ0n) is 37.2. The Morgan fingerprint density at radius 1 is 0.892 bits per heavy atom. The Balaban J connectivity index is 1.18. The van der Waals surface area contributed by atoms with E-state index < -0.39 is 104 Å². The molecule has 4 aliphatic rings. The van der Waals surface area contributed by atoms with Crippen LogP contribution in [-0.4, -0.2) is 159 Å². The first-order valence-electron chi connectivity index (χ1n) is 22.9. The molecule has 20 heteroatoms. The van der Waals surface area contributed by atoms with Gasteiger partial charge in [-0.3, -0.25) is 9.59 Å². The van der Waals surface area contributed by atoms with Crippen LogP contribution in [0, 0.1) is 17.8 Å². The van der Waals surface area contributed by atoms with Crippen LogP contribution in [0.15, 0.2) is 33.5 Å². The van der Waals surface area contributed by atoms with Gasteiger partial charge < -0.3 is 79.8 Å². The van der Waals surface area contributed by atoms with Gasteiger partial charge in [0.25, 0.3) is 0 Å². The van der Waals surface area contributed by atoms with Gasteiger partial charge in [-0.25, -0.2) is 9.59 Å². The van der Waals surface area contributed by atoms with Crippen molar-refractivity contribution in [3.63, 3.8) is 0 Å². The summed E-state index contributed by atoms with van der Waals surface area (Å²) < 4.78 is 36.6. The zero-order chi connectivity index (χ0) is 46.9. The average Bonchev–Trinajstić information content (AvgIpc) is 3.26. The SMILES string of the molecule is CC[C@H]1C[C@H](CNCCNC(=O)Cc2cc(=O)oc3cc(O)ccc23)C[C@@H](O[C@@H]2OC(CO)[C@H](O)C(O[C@@H](CC3CCCCC3)C(=O)O)C2NC(C)=O)C1OC1O[C@@H](C)[C@H](O)C(O)[C@@H]1O. The van der Waals surface area contributed by atoms with E-state index in [9.17, 15) is 54.9 Å². The number of carboxylic acid groups (broad SMARTS) is 1. The van der Waals surface area contributed by atoms with Gasteiger partial charge >= 0.3 is 11.6 Å². The minimum atomic E-state index is -1.62. The van der Waals surface area contributed by atoms with Crippen LogP contribution >= 0.6 is 0 Å². The predicted molar refractivity (Wildman–Crippen MR) is 229 cm³/mol. The largest absolute Gasteiger partial charge is 0.508 e. The number of aliphatic hydroxyl groups excluding tert-OH is 5. The fraction of sp³-hybridized carbons (Fsp3) is 0.733. The summed E-state index contributed by atoms with van der Waals surface area (Å²) in [6.45, 7) is 5.10. The summed E-state index contributed by atoms with van der Waals surface area (Å²) in [6, 6.07) is 4.31. The third-order valence-electron chi connectivity index (χ3n) is 13.3. The number of hydrogen-bond acceptors (Lipinski definition) is 17. The van der Waals surface area contributed by atoms with Gasteiger partial charge in [0.05, 0.1) is 31.3 Å². The number of hydrogen-bond donors (Lipinski definition) is 10. The predicted octanol–water partition coefficient (Wildman–Crippen LogP) is 0.173. The molecule has 10 N–H and O–H groups in total. The number of carbonyl (C=O) groups is 3. The molecule has 0 spiro atoms. The number of carboxylic acids is 1. The molecule has 2 saturated carbocycles. The average molecular weight is 922 g/mol. The zero-order valence-corrected chi connectivity index (χ0v) is 37.2. The Kier molecular flexibility index (Phi) is 18.1. The monoisotopic (exact) mass is 921 g/mol. The van der Waals surface area contributed by atoms with Gasteiger partial charge in [0.15, 0.2) is 18.7 Å². The van der Waals surface area contributed by atoms with Gasteiger partial charge in [-0.15, -0.1) is 0 Å². The minimum absolute atomic E-state index is 0.0782. The molecule has 2 aliphatic heterocycles. The summed E-state index contributed by atoms with van der Waals surface area (Å²) in [4.78, 5) is 50.5. The van der Waals surface area contributed by atoms with Crippen LogP contribution in [-0.2, 0) is 44.5 Å². The van der Waals surface area contributed by atoms with Gasteiger partial charge in [0.2, 0.25) is 11.8 Å². The molecule has 6 unspecified atom stereocenters. The summed E-state index contributed by atoms with van der Waals surface area (Å²) in [5, 5.41) is 83.5. The van der Waals surface area contributed by atoms with E-state index in [-0.39, 0.29) is 54.4 Å². The molecule has 364 valence electrons. The lowest BCUT2D eigenvalue weighted by Crippen LogP contribution is -2.67. The van der Waals surface area contributed by atoms with Crippen molar-refractivity contribution in [2.45, 2.75) is 165 Å². The van der Waals surface area contributed by atoms with E-state index in [1.165, 1.54) is 32.0 Å². The second-order valence-corrected chi connectivity index (χ2v) is 18.1. The third-order valence-corrected chi connectivity index (χ3v) is 13.3. The number of aliphatic carboxylic acids is 1. The Morgan fingerprint density at radius 3 is 2.34 bits per heavy atom. The quantitative estimate of drug-likeness (QED) is 0.0664. The van der Waals surface area contributed by atoms with Gasteiger partial charge in [-0.1, -0.05) is 45.4 Å². The molecule has 4 fully saturated rings. The van der Waals surface area contributed by atoms with Crippen LogP contribution in [0.5, 0.6) is 5.75 Å². The highest BCUT2D eigenvalue weighted by molar-refractivity contribution is 5.87. The summed E-state index contributed by atoms with van der Waals surface area (Å²) >= 11 is 0. The topological polar surface area (TPSA) is 305 Å². The molecule has 0 bridgehead atoms. The van der Waals surface area contributed by atoms with Gasteiger partial charge in [0, 0.05) is 37.5 Å². The van der Waals surface area contributed by atoms with Crippen molar-refractivity contribution in [1.29, 1.82) is 0 Å². The van der Waals surface area contributed by atoms with Crippen molar-refractivity contribution in [3.05, 3.63) is 40.2 Å². The van der Waals surface area contributed by atoms with Crippen molar-refractivity contribution in [2.24, 2.45) is 17.8 Å². The molecular weight excluding hydrogens is 854 g/mol. The highest BCUT2D eigenvalue weighted by atomic mass is 16.7. The Morgan fingerprint density at radius 2 is 1.65 bits per heavy atom. The maximum absolute atomic E-state index is 12.9. The number of ether oxygens (including phenoxy) is 5. The molecule has 2 aliphatic carbocycles. The lowest BCUT2D eigenvalue weighted by atomic mass is 9.76. The fourth-order valence-corrected chi connectivity index (χ4v) is 9.84. The van der Waals surface area contributed by atoms with Crippen LogP contribution in [0.1, 0.15) is 84.1 Å². The number of fused-ring (bicyclic) bond motifs is 1. The van der Waals surface area contributed by atoms with Crippen LogP contribution in [0.4, 0.5) is 0 Å². The summed E-state index contributed by atoms with van der Waals surface area (Å²) in [5.74, 6) is -2.44. The third kappa shape index (κ3) is 13.0.